The van der Waals surface area contributed by atoms with Gasteiger partial charge < -0.3 is 20.5 Å². The molecule has 0 atom stereocenters. The van der Waals surface area contributed by atoms with Gasteiger partial charge in [-0.1, -0.05) is 6.07 Å². The normalized spacial score (nSPS) is 10.7. The van der Waals surface area contributed by atoms with Gasteiger partial charge in [-0.2, -0.15) is 0 Å². The van der Waals surface area contributed by atoms with E-state index in [0.717, 1.165) is 16.8 Å². The number of nitrogen functional groups attached to an aromatic ring is 1. The van der Waals surface area contributed by atoms with Crippen molar-refractivity contribution in [2.45, 2.75) is 6.92 Å². The van der Waals surface area contributed by atoms with E-state index in [1.807, 2.05) is 31.2 Å². The van der Waals surface area contributed by atoms with Crippen LogP contribution in [0.1, 0.15) is 5.56 Å². The summed E-state index contributed by atoms with van der Waals surface area (Å²) in [7, 11) is 0. The number of rotatable bonds is 4. The van der Waals surface area contributed by atoms with Crippen molar-refractivity contribution in [3.63, 3.8) is 0 Å². The smallest absolute Gasteiger partial charge is 0.299 e. The third-order valence-corrected chi connectivity index (χ3v) is 4.16. The number of aryl methyl sites for hydroxylation is 1. The summed E-state index contributed by atoms with van der Waals surface area (Å²) in [5, 5.41) is 3.13. The van der Waals surface area contributed by atoms with Gasteiger partial charge in [-0.25, -0.2) is 4.98 Å². The van der Waals surface area contributed by atoms with E-state index in [4.69, 9.17) is 10.2 Å². The molecule has 7 heteroatoms. The molecule has 1 aromatic carbocycles. The Labute approximate surface area is 154 Å². The summed E-state index contributed by atoms with van der Waals surface area (Å²) in [5.41, 5.74) is 10.1. The Hall–Kier alpha value is -3.87. The molecule has 0 aliphatic rings. The van der Waals surface area contributed by atoms with Gasteiger partial charge in [0.05, 0.1) is 6.20 Å². The van der Waals surface area contributed by atoms with Crippen molar-refractivity contribution in [1.82, 2.24) is 15.0 Å². The minimum absolute atomic E-state index is 0.173. The third-order valence-electron chi connectivity index (χ3n) is 4.16. The van der Waals surface area contributed by atoms with E-state index in [1.165, 1.54) is 0 Å². The highest BCUT2D eigenvalue weighted by Gasteiger charge is 2.11. The minimum Gasteiger partial charge on any atom is -0.423 e. The van der Waals surface area contributed by atoms with Gasteiger partial charge in [0.25, 0.3) is 11.6 Å². The van der Waals surface area contributed by atoms with Crippen LogP contribution in [0.15, 0.2) is 70.4 Å². The molecule has 0 aliphatic heterocycles. The number of hydrogen-bond acceptors (Lipinski definition) is 6. The van der Waals surface area contributed by atoms with E-state index in [9.17, 15) is 4.79 Å². The Bertz CT molecular complexity index is 1160. The van der Waals surface area contributed by atoms with Crippen LogP contribution in [-0.4, -0.2) is 15.0 Å². The average molecular weight is 359 g/mol. The van der Waals surface area contributed by atoms with Gasteiger partial charge in [-0.3, -0.25) is 9.78 Å². The van der Waals surface area contributed by atoms with Crippen molar-refractivity contribution in [1.29, 1.82) is 0 Å². The molecule has 0 amide bonds. The van der Waals surface area contributed by atoms with E-state index in [1.54, 1.807) is 36.9 Å². The van der Waals surface area contributed by atoms with Crippen molar-refractivity contribution in [2.24, 2.45) is 0 Å². The van der Waals surface area contributed by atoms with Crippen molar-refractivity contribution in [3.05, 3.63) is 77.1 Å². The van der Waals surface area contributed by atoms with Crippen molar-refractivity contribution < 1.29 is 4.42 Å². The summed E-state index contributed by atoms with van der Waals surface area (Å²) < 4.78 is 5.80. The lowest BCUT2D eigenvalue weighted by Crippen LogP contribution is -2.07. The zero-order chi connectivity index (χ0) is 18.8. The second-order valence-corrected chi connectivity index (χ2v) is 6.10. The first-order chi connectivity index (χ1) is 13.1. The Morgan fingerprint density at radius 1 is 1.11 bits per heavy atom. The lowest BCUT2D eigenvalue weighted by atomic mass is 10.1. The maximum atomic E-state index is 12.0. The number of H-pyrrole nitrogens is 1. The zero-order valence-corrected chi connectivity index (χ0v) is 14.6. The fourth-order valence-electron chi connectivity index (χ4n) is 2.73. The first-order valence-electron chi connectivity index (χ1n) is 8.32. The highest BCUT2D eigenvalue weighted by atomic mass is 16.4. The van der Waals surface area contributed by atoms with Crippen LogP contribution in [0.5, 0.6) is 0 Å². The van der Waals surface area contributed by atoms with E-state index in [-0.39, 0.29) is 5.56 Å². The van der Waals surface area contributed by atoms with Gasteiger partial charge in [0, 0.05) is 46.7 Å². The summed E-state index contributed by atoms with van der Waals surface area (Å²) in [6.07, 6.45) is 6.51. The summed E-state index contributed by atoms with van der Waals surface area (Å²) in [6.45, 7) is 1.97. The number of nitrogens with two attached hydrogens (primary N) is 1. The fraction of sp³-hybridized carbons (Fsp3) is 0.0500. The van der Waals surface area contributed by atoms with E-state index < -0.39 is 0 Å². The predicted molar refractivity (Wildman–Crippen MR) is 105 cm³/mol. The van der Waals surface area contributed by atoms with Gasteiger partial charge in [0.15, 0.2) is 5.76 Å². The second-order valence-electron chi connectivity index (χ2n) is 6.10. The maximum Gasteiger partial charge on any atom is 0.299 e. The van der Waals surface area contributed by atoms with E-state index >= 15 is 0 Å². The number of pyridine rings is 2. The first-order valence-corrected chi connectivity index (χ1v) is 8.32. The molecule has 27 heavy (non-hydrogen) atoms. The quantitative estimate of drug-likeness (QED) is 0.479. The third kappa shape index (κ3) is 3.43. The first kappa shape index (κ1) is 16.6. The summed E-state index contributed by atoms with van der Waals surface area (Å²) in [4.78, 5) is 23.1. The number of benzene rings is 1. The number of hydrogen-bond donors (Lipinski definition) is 3. The van der Waals surface area contributed by atoms with Crippen LogP contribution in [0.4, 0.5) is 17.4 Å². The predicted octanol–water partition coefficient (Wildman–Crippen LogP) is 3.73. The van der Waals surface area contributed by atoms with Gasteiger partial charge in [0.2, 0.25) is 0 Å². The standard InChI is InChI=1S/C20H17N5O2/c1-12-4-5-15(21)8-17(12)25-20-24-11-18(27-20)14-7-13(9-22-10-14)16-3-2-6-23-19(16)26/h2-11H,21H2,1H3,(H,23,26)(H,24,25). The Morgan fingerprint density at radius 2 is 1.96 bits per heavy atom. The average Bonchev–Trinajstić information content (AvgIpc) is 3.14. The fourth-order valence-corrected chi connectivity index (χ4v) is 2.73. The number of aromatic nitrogens is 3. The molecule has 0 saturated heterocycles. The topological polar surface area (TPSA) is 110 Å². The van der Waals surface area contributed by atoms with Crippen molar-refractivity contribution in [3.8, 4) is 22.5 Å². The molecule has 4 aromatic rings. The minimum atomic E-state index is -0.173. The van der Waals surface area contributed by atoms with Crippen LogP contribution < -0.4 is 16.6 Å². The zero-order valence-electron chi connectivity index (χ0n) is 14.6. The molecule has 0 aliphatic carbocycles. The summed E-state index contributed by atoms with van der Waals surface area (Å²) >= 11 is 0. The van der Waals surface area contributed by atoms with Crippen molar-refractivity contribution in [2.75, 3.05) is 11.1 Å². The van der Waals surface area contributed by atoms with Crippen LogP contribution >= 0.6 is 0 Å². The number of oxazole rings is 1. The molecule has 0 fully saturated rings. The molecular weight excluding hydrogens is 342 g/mol. The van der Waals surface area contributed by atoms with Crippen LogP contribution in [0.3, 0.4) is 0 Å². The van der Waals surface area contributed by atoms with Crippen LogP contribution in [-0.2, 0) is 0 Å². The SMILES string of the molecule is Cc1ccc(N)cc1Nc1ncc(-c2cncc(-c3ccc[nH]c3=O)c2)o1. The van der Waals surface area contributed by atoms with Gasteiger partial charge in [-0.05, 0) is 42.8 Å². The Kier molecular flexibility index (Phi) is 4.18. The number of nitrogens with zero attached hydrogens (tertiary/aromatic N) is 2. The molecule has 4 rings (SSSR count). The molecule has 0 bridgehead atoms. The van der Waals surface area contributed by atoms with Gasteiger partial charge in [-0.15, -0.1) is 0 Å². The molecule has 3 aromatic heterocycles. The molecular formula is C20H17N5O2. The largest absolute Gasteiger partial charge is 0.423 e. The highest BCUT2D eigenvalue weighted by molar-refractivity contribution is 5.69. The molecule has 4 N–H and O–H groups in total. The lowest BCUT2D eigenvalue weighted by Gasteiger charge is -2.06. The molecule has 0 radical (unpaired) electrons. The molecule has 0 spiro atoms. The Balaban J connectivity index is 1.64. The molecule has 0 unspecified atom stereocenters. The number of aromatic amines is 1. The second kappa shape index (κ2) is 6.80. The van der Waals surface area contributed by atoms with Crippen LogP contribution in [0.2, 0.25) is 0 Å². The molecule has 3 heterocycles. The maximum absolute atomic E-state index is 12.0. The van der Waals surface area contributed by atoms with Crippen LogP contribution in [0.25, 0.3) is 22.5 Å². The Morgan fingerprint density at radius 3 is 2.81 bits per heavy atom. The molecule has 134 valence electrons. The molecule has 7 nitrogen and oxygen atoms in total. The summed E-state index contributed by atoms with van der Waals surface area (Å²) in [6, 6.07) is 11.3. The number of anilines is 3. The lowest BCUT2D eigenvalue weighted by molar-refractivity contribution is 0.592. The van der Waals surface area contributed by atoms with Gasteiger partial charge >= 0.3 is 0 Å². The van der Waals surface area contributed by atoms with E-state index in [0.29, 0.717) is 28.6 Å². The highest BCUT2D eigenvalue weighted by Crippen LogP contribution is 2.28. The summed E-state index contributed by atoms with van der Waals surface area (Å²) in [5.74, 6) is 0.542. The van der Waals surface area contributed by atoms with Crippen molar-refractivity contribution >= 4 is 17.4 Å². The van der Waals surface area contributed by atoms with Gasteiger partial charge in [0.1, 0.15) is 0 Å². The number of nitrogens with one attached hydrogen (secondary N) is 2. The monoisotopic (exact) mass is 359 g/mol. The molecule has 0 saturated carbocycles. The van der Waals surface area contributed by atoms with Crippen LogP contribution in [0, 0.1) is 6.92 Å². The van der Waals surface area contributed by atoms with E-state index in [2.05, 4.69) is 20.3 Å².